The van der Waals surface area contributed by atoms with Crippen LogP contribution in [0.15, 0.2) is 30.3 Å². The van der Waals surface area contributed by atoms with Gasteiger partial charge >= 0.3 is 0 Å². The first-order valence-corrected chi connectivity index (χ1v) is 9.91. The Morgan fingerprint density at radius 2 is 1.77 bits per heavy atom. The molecule has 5 heteroatoms. The van der Waals surface area contributed by atoms with Crippen molar-refractivity contribution >= 4 is 10.0 Å². The normalized spacial score (nSPS) is 27.1. The third-order valence-corrected chi connectivity index (χ3v) is 6.64. The molecule has 3 rings (SSSR count). The van der Waals surface area contributed by atoms with Crippen LogP contribution >= 0.6 is 0 Å². The monoisotopic (exact) mass is 322 g/mol. The Kier molecular flexibility index (Phi) is 4.32. The molecule has 4 nitrogen and oxygen atoms in total. The van der Waals surface area contributed by atoms with Crippen LogP contribution in [0.2, 0.25) is 0 Å². The third-order valence-electron chi connectivity index (χ3n) is 5.34. The zero-order valence-corrected chi connectivity index (χ0v) is 14.3. The summed E-state index contributed by atoms with van der Waals surface area (Å²) in [6, 6.07) is 10.7. The van der Waals surface area contributed by atoms with Crippen molar-refractivity contribution in [2.45, 2.75) is 25.2 Å². The summed E-state index contributed by atoms with van der Waals surface area (Å²) in [4.78, 5) is 2.43. The van der Waals surface area contributed by atoms with E-state index in [1.807, 2.05) is 0 Å². The topological polar surface area (TPSA) is 40.6 Å². The minimum atomic E-state index is -3.04. The van der Waals surface area contributed by atoms with Gasteiger partial charge in [0.1, 0.15) is 0 Å². The summed E-state index contributed by atoms with van der Waals surface area (Å²) in [5, 5.41) is 0. The van der Waals surface area contributed by atoms with E-state index in [-0.39, 0.29) is 5.41 Å². The summed E-state index contributed by atoms with van der Waals surface area (Å²) in [5.41, 5.74) is 1.69. The van der Waals surface area contributed by atoms with Crippen LogP contribution in [-0.4, -0.2) is 57.1 Å². The fourth-order valence-corrected chi connectivity index (χ4v) is 5.11. The Morgan fingerprint density at radius 1 is 1.14 bits per heavy atom. The first-order valence-electron chi connectivity index (χ1n) is 8.07. The van der Waals surface area contributed by atoms with Gasteiger partial charge in [-0.05, 0) is 43.2 Å². The van der Waals surface area contributed by atoms with Gasteiger partial charge < -0.3 is 4.90 Å². The molecule has 2 fully saturated rings. The lowest BCUT2D eigenvalue weighted by atomic mass is 9.68. The van der Waals surface area contributed by atoms with Crippen LogP contribution in [-0.2, 0) is 10.0 Å². The summed E-state index contributed by atoms with van der Waals surface area (Å²) in [6.07, 6.45) is 4.46. The van der Waals surface area contributed by atoms with E-state index < -0.39 is 10.0 Å². The van der Waals surface area contributed by atoms with Crippen LogP contribution in [0, 0.1) is 5.41 Å². The Labute approximate surface area is 134 Å². The Morgan fingerprint density at radius 3 is 2.36 bits per heavy atom. The molecule has 22 heavy (non-hydrogen) atoms. The van der Waals surface area contributed by atoms with Crippen molar-refractivity contribution in [3.05, 3.63) is 35.9 Å². The number of rotatable bonds is 2. The summed E-state index contributed by atoms with van der Waals surface area (Å²) in [5.74, 6) is 0.560. The van der Waals surface area contributed by atoms with Gasteiger partial charge in [0.25, 0.3) is 0 Å². The minimum absolute atomic E-state index is 0.273. The van der Waals surface area contributed by atoms with Crippen LogP contribution in [0.3, 0.4) is 0 Å². The van der Waals surface area contributed by atoms with Gasteiger partial charge in [-0.25, -0.2) is 12.7 Å². The SMILES string of the molecule is CN1CC(c2ccccc2)CC2(CCN(S(C)(=O)=O)CC2)C1. The molecule has 0 radical (unpaired) electrons. The van der Waals surface area contributed by atoms with E-state index in [4.69, 9.17) is 0 Å². The number of likely N-dealkylation sites (N-methyl/N-ethyl adjacent to an activating group) is 1. The maximum atomic E-state index is 11.7. The molecule has 0 aliphatic carbocycles. The van der Waals surface area contributed by atoms with Crippen LogP contribution < -0.4 is 0 Å². The molecule has 0 amide bonds. The molecular weight excluding hydrogens is 296 g/mol. The Hall–Kier alpha value is -0.910. The van der Waals surface area contributed by atoms with Gasteiger partial charge in [-0.3, -0.25) is 0 Å². The predicted octanol–water partition coefficient (Wildman–Crippen LogP) is 2.15. The molecule has 1 aromatic rings. The number of likely N-dealkylation sites (tertiary alicyclic amines) is 1. The molecule has 0 saturated carbocycles. The standard InChI is InChI=1S/C17H26N2O2S/c1-18-13-16(15-6-4-3-5-7-15)12-17(14-18)8-10-19(11-9-17)22(2,20)21/h3-7,16H,8-14H2,1-2H3. The number of hydrogen-bond acceptors (Lipinski definition) is 3. The Bertz CT molecular complexity index is 607. The lowest BCUT2D eigenvalue weighted by Gasteiger charge is -2.49. The van der Waals surface area contributed by atoms with Gasteiger partial charge in [0, 0.05) is 26.2 Å². The van der Waals surface area contributed by atoms with Crippen molar-refractivity contribution < 1.29 is 8.42 Å². The van der Waals surface area contributed by atoms with Crippen molar-refractivity contribution in [1.82, 2.24) is 9.21 Å². The largest absolute Gasteiger partial charge is 0.305 e. The predicted molar refractivity (Wildman–Crippen MR) is 89.4 cm³/mol. The quantitative estimate of drug-likeness (QED) is 0.838. The van der Waals surface area contributed by atoms with Crippen molar-refractivity contribution in [2.24, 2.45) is 5.41 Å². The molecule has 2 heterocycles. The van der Waals surface area contributed by atoms with Crippen LogP contribution in [0.5, 0.6) is 0 Å². The van der Waals surface area contributed by atoms with Crippen molar-refractivity contribution in [2.75, 3.05) is 39.5 Å². The van der Waals surface area contributed by atoms with Crippen molar-refractivity contribution in [1.29, 1.82) is 0 Å². The fraction of sp³-hybridized carbons (Fsp3) is 0.647. The highest BCUT2D eigenvalue weighted by molar-refractivity contribution is 7.88. The lowest BCUT2D eigenvalue weighted by Crippen LogP contribution is -2.51. The molecule has 1 atom stereocenters. The molecule has 2 aliphatic heterocycles. The Balaban J connectivity index is 1.74. The molecule has 2 aliphatic rings. The number of hydrogen-bond donors (Lipinski definition) is 0. The van der Waals surface area contributed by atoms with Gasteiger partial charge in [0.2, 0.25) is 10.0 Å². The van der Waals surface area contributed by atoms with Gasteiger partial charge in [-0.1, -0.05) is 30.3 Å². The molecule has 2 saturated heterocycles. The molecule has 1 unspecified atom stereocenters. The molecule has 1 spiro atoms. The van der Waals surface area contributed by atoms with E-state index >= 15 is 0 Å². The minimum Gasteiger partial charge on any atom is -0.305 e. The first kappa shape index (κ1) is 16.0. The zero-order chi connectivity index (χ0) is 15.8. The average Bonchev–Trinajstić information content (AvgIpc) is 2.47. The van der Waals surface area contributed by atoms with Gasteiger partial charge in [0.05, 0.1) is 6.26 Å². The van der Waals surface area contributed by atoms with Gasteiger partial charge in [-0.2, -0.15) is 0 Å². The number of sulfonamides is 1. The zero-order valence-electron chi connectivity index (χ0n) is 13.5. The molecule has 0 bridgehead atoms. The maximum absolute atomic E-state index is 11.7. The second-order valence-electron chi connectivity index (χ2n) is 7.17. The van der Waals surface area contributed by atoms with Crippen molar-refractivity contribution in [3.8, 4) is 0 Å². The summed E-state index contributed by atoms with van der Waals surface area (Å²) in [7, 11) is -0.846. The molecule has 1 aromatic carbocycles. The summed E-state index contributed by atoms with van der Waals surface area (Å²) < 4.78 is 25.1. The smallest absolute Gasteiger partial charge is 0.211 e. The van der Waals surface area contributed by atoms with E-state index in [0.29, 0.717) is 19.0 Å². The van der Waals surface area contributed by atoms with E-state index in [0.717, 1.165) is 25.9 Å². The van der Waals surface area contributed by atoms with Crippen molar-refractivity contribution in [3.63, 3.8) is 0 Å². The second-order valence-corrected chi connectivity index (χ2v) is 9.15. The third kappa shape index (κ3) is 3.36. The van der Waals surface area contributed by atoms with Crippen LogP contribution in [0.1, 0.15) is 30.7 Å². The van der Waals surface area contributed by atoms with E-state index in [9.17, 15) is 8.42 Å². The molecular formula is C17H26N2O2S. The van der Waals surface area contributed by atoms with Crippen LogP contribution in [0.4, 0.5) is 0 Å². The first-order chi connectivity index (χ1) is 10.4. The number of nitrogens with zero attached hydrogens (tertiary/aromatic N) is 2. The molecule has 122 valence electrons. The second kappa shape index (κ2) is 5.95. The van der Waals surface area contributed by atoms with E-state index in [1.165, 1.54) is 18.2 Å². The summed E-state index contributed by atoms with van der Waals surface area (Å²) in [6.45, 7) is 3.54. The molecule has 0 aromatic heterocycles. The number of piperidine rings is 2. The maximum Gasteiger partial charge on any atom is 0.211 e. The van der Waals surface area contributed by atoms with E-state index in [1.54, 1.807) is 4.31 Å². The average molecular weight is 322 g/mol. The highest BCUT2D eigenvalue weighted by atomic mass is 32.2. The highest BCUT2D eigenvalue weighted by Crippen LogP contribution is 2.44. The van der Waals surface area contributed by atoms with E-state index in [2.05, 4.69) is 42.3 Å². The number of benzene rings is 1. The molecule has 0 N–H and O–H groups in total. The summed E-state index contributed by atoms with van der Waals surface area (Å²) >= 11 is 0. The van der Waals surface area contributed by atoms with Gasteiger partial charge in [-0.15, -0.1) is 0 Å². The van der Waals surface area contributed by atoms with Crippen LogP contribution in [0.25, 0.3) is 0 Å². The highest BCUT2D eigenvalue weighted by Gasteiger charge is 2.42. The lowest BCUT2D eigenvalue weighted by molar-refractivity contribution is 0.0442. The fourth-order valence-electron chi connectivity index (χ4n) is 4.27. The van der Waals surface area contributed by atoms with Gasteiger partial charge in [0.15, 0.2) is 0 Å².